The summed E-state index contributed by atoms with van der Waals surface area (Å²) in [4.78, 5) is 37.0. The number of benzene rings is 2. The summed E-state index contributed by atoms with van der Waals surface area (Å²) in [6.45, 7) is 4.47. The number of fused-ring (bicyclic) bond motifs is 1. The van der Waals surface area contributed by atoms with E-state index >= 15 is 4.39 Å². The summed E-state index contributed by atoms with van der Waals surface area (Å²) >= 11 is 5.90. The fourth-order valence-corrected chi connectivity index (χ4v) is 3.74. The van der Waals surface area contributed by atoms with Crippen LogP contribution in [0.2, 0.25) is 5.02 Å². The summed E-state index contributed by atoms with van der Waals surface area (Å²) in [5.41, 5.74) is 1.07. The first-order chi connectivity index (χ1) is 15.0. The van der Waals surface area contributed by atoms with Gasteiger partial charge in [0.1, 0.15) is 0 Å². The predicted molar refractivity (Wildman–Crippen MR) is 118 cm³/mol. The molecule has 32 heavy (non-hydrogen) atoms. The molecule has 2 aromatic carbocycles. The van der Waals surface area contributed by atoms with Crippen molar-refractivity contribution in [3.63, 3.8) is 0 Å². The van der Waals surface area contributed by atoms with Crippen molar-refractivity contribution in [2.24, 2.45) is 5.92 Å². The SMILES string of the molecule is Cc1c(C(C)C(=O)NCC(C)C(=O)O)c2c(F)c(O)ccc2n1C(=O)c1ccc(Cl)cc1. The Hall–Kier alpha value is -3.39. The Kier molecular flexibility index (Phi) is 6.55. The second-order valence-corrected chi connectivity index (χ2v) is 8.08. The highest BCUT2D eigenvalue weighted by atomic mass is 35.5. The summed E-state index contributed by atoms with van der Waals surface area (Å²) in [7, 11) is 0. The first-order valence-corrected chi connectivity index (χ1v) is 10.3. The monoisotopic (exact) mass is 460 g/mol. The molecule has 0 spiro atoms. The molecule has 0 aliphatic carbocycles. The lowest BCUT2D eigenvalue weighted by Gasteiger charge is -2.15. The fourth-order valence-electron chi connectivity index (χ4n) is 3.62. The van der Waals surface area contributed by atoms with Crippen molar-refractivity contribution in [2.75, 3.05) is 6.54 Å². The van der Waals surface area contributed by atoms with Crippen molar-refractivity contribution in [2.45, 2.75) is 26.7 Å². The number of nitrogens with one attached hydrogen (secondary N) is 1. The number of phenols is 1. The van der Waals surface area contributed by atoms with Crippen molar-refractivity contribution in [1.29, 1.82) is 0 Å². The molecule has 0 radical (unpaired) electrons. The third-order valence-electron chi connectivity index (χ3n) is 5.46. The number of aromatic nitrogens is 1. The van der Waals surface area contributed by atoms with Gasteiger partial charge in [-0.3, -0.25) is 19.0 Å². The molecule has 3 rings (SSSR count). The van der Waals surface area contributed by atoms with E-state index in [9.17, 15) is 19.5 Å². The maximum absolute atomic E-state index is 15.0. The van der Waals surface area contributed by atoms with Crippen molar-refractivity contribution in [1.82, 2.24) is 9.88 Å². The summed E-state index contributed by atoms with van der Waals surface area (Å²) in [5.74, 6) is -5.32. The minimum atomic E-state index is -1.06. The average molecular weight is 461 g/mol. The number of hydrogen-bond acceptors (Lipinski definition) is 4. The third-order valence-corrected chi connectivity index (χ3v) is 5.71. The van der Waals surface area contributed by atoms with Crippen LogP contribution in [0, 0.1) is 18.7 Å². The second kappa shape index (κ2) is 9.00. The molecule has 0 bridgehead atoms. The average Bonchev–Trinajstić information content (AvgIpc) is 3.06. The molecular formula is C23H22ClFN2O5. The number of rotatable bonds is 6. The van der Waals surface area contributed by atoms with E-state index in [1.807, 2.05) is 0 Å². The summed E-state index contributed by atoms with van der Waals surface area (Å²) < 4.78 is 16.3. The molecule has 7 nitrogen and oxygen atoms in total. The number of amides is 1. The molecule has 0 aliphatic heterocycles. The molecule has 168 valence electrons. The van der Waals surface area contributed by atoms with Crippen LogP contribution in [-0.2, 0) is 9.59 Å². The van der Waals surface area contributed by atoms with Crippen LogP contribution in [0.5, 0.6) is 5.75 Å². The highest BCUT2D eigenvalue weighted by Gasteiger charge is 2.29. The van der Waals surface area contributed by atoms with Gasteiger partial charge in [0.25, 0.3) is 5.91 Å². The number of carboxylic acid groups (broad SMARTS) is 1. The van der Waals surface area contributed by atoms with Crippen LogP contribution >= 0.6 is 11.6 Å². The van der Waals surface area contributed by atoms with Gasteiger partial charge in [-0.25, -0.2) is 4.39 Å². The molecule has 3 aromatic rings. The van der Waals surface area contributed by atoms with Gasteiger partial charge in [0.05, 0.1) is 17.4 Å². The van der Waals surface area contributed by atoms with Crippen molar-refractivity contribution in [3.8, 4) is 5.75 Å². The third kappa shape index (κ3) is 4.18. The van der Waals surface area contributed by atoms with Gasteiger partial charge in [-0.05, 0) is 55.8 Å². The van der Waals surface area contributed by atoms with Gasteiger partial charge >= 0.3 is 5.97 Å². The number of nitrogens with zero attached hydrogens (tertiary/aromatic N) is 1. The van der Waals surface area contributed by atoms with Crippen LogP contribution in [0.4, 0.5) is 4.39 Å². The van der Waals surface area contributed by atoms with E-state index in [-0.39, 0.29) is 23.0 Å². The number of phenolic OH excluding ortho intramolecular Hbond substituents is 1. The number of halogens is 2. The first kappa shape index (κ1) is 23.3. The van der Waals surface area contributed by atoms with Gasteiger partial charge < -0.3 is 15.5 Å². The molecule has 1 amide bonds. The minimum Gasteiger partial charge on any atom is -0.505 e. The van der Waals surface area contributed by atoms with E-state index in [4.69, 9.17) is 16.7 Å². The second-order valence-electron chi connectivity index (χ2n) is 7.65. The summed E-state index contributed by atoms with van der Waals surface area (Å²) in [6, 6.07) is 8.75. The zero-order valence-corrected chi connectivity index (χ0v) is 18.4. The normalized spacial score (nSPS) is 13.0. The highest BCUT2D eigenvalue weighted by molar-refractivity contribution is 6.30. The maximum Gasteiger partial charge on any atom is 0.308 e. The van der Waals surface area contributed by atoms with Gasteiger partial charge in [-0.1, -0.05) is 18.5 Å². The topological polar surface area (TPSA) is 109 Å². The molecule has 1 heterocycles. The van der Waals surface area contributed by atoms with E-state index < -0.39 is 41.2 Å². The van der Waals surface area contributed by atoms with Crippen molar-refractivity contribution in [3.05, 3.63) is 64.1 Å². The molecule has 3 N–H and O–H groups in total. The quantitative estimate of drug-likeness (QED) is 0.513. The van der Waals surface area contributed by atoms with Crippen molar-refractivity contribution >= 4 is 40.3 Å². The summed E-state index contributed by atoms with van der Waals surface area (Å²) in [5, 5.41) is 21.9. The molecule has 0 aliphatic rings. The van der Waals surface area contributed by atoms with Crippen LogP contribution in [0.1, 0.15) is 41.4 Å². The van der Waals surface area contributed by atoms with Crippen LogP contribution in [0.15, 0.2) is 36.4 Å². The smallest absolute Gasteiger partial charge is 0.308 e. The van der Waals surface area contributed by atoms with Crippen LogP contribution < -0.4 is 5.32 Å². The molecule has 2 atom stereocenters. The summed E-state index contributed by atoms with van der Waals surface area (Å²) in [6.07, 6.45) is 0. The van der Waals surface area contributed by atoms with E-state index in [2.05, 4.69) is 5.32 Å². The number of carbonyl (C=O) groups is 3. The van der Waals surface area contributed by atoms with Crippen LogP contribution in [0.25, 0.3) is 10.9 Å². The van der Waals surface area contributed by atoms with E-state index in [0.29, 0.717) is 16.3 Å². The number of hydrogen-bond donors (Lipinski definition) is 3. The van der Waals surface area contributed by atoms with Gasteiger partial charge in [0, 0.05) is 28.2 Å². The standard InChI is InChI=1S/C23H22ClFN2O5/c1-11(23(31)32)10-26-21(29)12(2)18-13(3)27(16-8-9-17(28)20(25)19(16)18)22(30)14-4-6-15(24)7-5-14/h4-9,11-12,28H,10H2,1-3H3,(H,26,29)(H,31,32). The van der Waals surface area contributed by atoms with Gasteiger partial charge in [-0.2, -0.15) is 0 Å². The molecular weight excluding hydrogens is 439 g/mol. The Morgan fingerprint density at radius 3 is 2.34 bits per heavy atom. The van der Waals surface area contributed by atoms with Crippen LogP contribution in [0.3, 0.4) is 0 Å². The first-order valence-electron chi connectivity index (χ1n) is 9.87. The lowest BCUT2D eigenvalue weighted by atomic mass is 9.96. The van der Waals surface area contributed by atoms with Crippen molar-refractivity contribution < 1.29 is 29.0 Å². The van der Waals surface area contributed by atoms with E-state index in [1.54, 1.807) is 19.1 Å². The molecule has 9 heteroatoms. The number of carbonyl (C=O) groups excluding carboxylic acids is 2. The molecule has 0 saturated heterocycles. The zero-order valence-electron chi connectivity index (χ0n) is 17.6. The van der Waals surface area contributed by atoms with Gasteiger partial charge in [0.15, 0.2) is 11.6 Å². The highest BCUT2D eigenvalue weighted by Crippen LogP contribution is 2.37. The number of carboxylic acids is 1. The largest absolute Gasteiger partial charge is 0.505 e. The maximum atomic E-state index is 15.0. The van der Waals surface area contributed by atoms with Gasteiger partial charge in [0.2, 0.25) is 5.91 Å². The minimum absolute atomic E-state index is 0.0428. The Bertz CT molecular complexity index is 1220. The molecule has 2 unspecified atom stereocenters. The molecule has 0 fully saturated rings. The Morgan fingerprint density at radius 2 is 1.75 bits per heavy atom. The van der Waals surface area contributed by atoms with E-state index in [0.717, 1.165) is 6.07 Å². The number of aliphatic carboxylic acids is 1. The molecule has 1 aromatic heterocycles. The van der Waals surface area contributed by atoms with Crippen LogP contribution in [-0.4, -0.2) is 39.1 Å². The zero-order chi connectivity index (χ0) is 23.7. The Labute approximate surface area is 188 Å². The Balaban J connectivity index is 2.12. The molecule has 0 saturated carbocycles. The van der Waals surface area contributed by atoms with Gasteiger partial charge in [-0.15, -0.1) is 0 Å². The Morgan fingerprint density at radius 1 is 1.12 bits per heavy atom. The predicted octanol–water partition coefficient (Wildman–Crippen LogP) is 4.08. The number of aromatic hydroxyl groups is 1. The van der Waals surface area contributed by atoms with E-state index in [1.165, 1.54) is 36.6 Å². The lowest BCUT2D eigenvalue weighted by molar-refractivity contribution is -0.141. The lowest BCUT2D eigenvalue weighted by Crippen LogP contribution is -2.34. The fraction of sp³-hybridized carbons (Fsp3) is 0.261.